The monoisotopic (exact) mass is 421 g/mol. The van der Waals surface area contributed by atoms with Crippen LogP contribution in [0.5, 0.6) is 0 Å². The molecule has 0 saturated heterocycles. The topological polar surface area (TPSA) is 75.6 Å². The predicted molar refractivity (Wildman–Crippen MR) is 122 cm³/mol. The number of fused-ring (bicyclic) bond motifs is 3. The number of alkyl carbamates (subject to hydrolysis) is 1. The second kappa shape index (κ2) is 11.3. The second-order valence-electron chi connectivity index (χ2n) is 7.92. The first kappa shape index (κ1) is 22.6. The van der Waals surface area contributed by atoms with Crippen molar-refractivity contribution < 1.29 is 19.4 Å². The molecule has 0 aromatic heterocycles. The van der Waals surface area contributed by atoms with Gasteiger partial charge in [-0.3, -0.25) is 0 Å². The number of rotatable bonds is 11. The molecule has 3 rings (SSSR count). The number of amides is 1. The molecule has 0 heterocycles. The van der Waals surface area contributed by atoms with Gasteiger partial charge in [-0.2, -0.15) is 0 Å². The normalized spacial score (nSPS) is 13.6. The first-order valence-corrected chi connectivity index (χ1v) is 11.1. The van der Waals surface area contributed by atoms with Crippen molar-refractivity contribution in [3.05, 3.63) is 71.8 Å². The molecule has 2 aromatic rings. The summed E-state index contributed by atoms with van der Waals surface area (Å²) >= 11 is 0. The van der Waals surface area contributed by atoms with Crippen molar-refractivity contribution in [3.63, 3.8) is 0 Å². The highest BCUT2D eigenvalue weighted by Gasteiger charge is 2.29. The number of unbranched alkanes of at least 4 members (excludes halogenated alkanes) is 4. The van der Waals surface area contributed by atoms with Crippen LogP contribution in [0, 0.1) is 0 Å². The number of hydrogen-bond donors (Lipinski definition) is 2. The Kier molecular flexibility index (Phi) is 8.27. The Labute approximate surface area is 184 Å². The van der Waals surface area contributed by atoms with Crippen molar-refractivity contribution in [2.24, 2.45) is 0 Å². The van der Waals surface area contributed by atoms with Gasteiger partial charge in [0.1, 0.15) is 12.6 Å². The third kappa shape index (κ3) is 5.97. The number of aliphatic carboxylic acids is 1. The lowest BCUT2D eigenvalue weighted by Crippen LogP contribution is -2.41. The van der Waals surface area contributed by atoms with Crippen molar-refractivity contribution in [2.45, 2.75) is 57.4 Å². The molecule has 2 aromatic carbocycles. The van der Waals surface area contributed by atoms with Crippen LogP contribution in [0.3, 0.4) is 0 Å². The molecular formula is C26H31NO4. The van der Waals surface area contributed by atoms with Gasteiger partial charge >= 0.3 is 12.1 Å². The molecule has 31 heavy (non-hydrogen) atoms. The highest BCUT2D eigenvalue weighted by atomic mass is 16.5. The molecular weight excluding hydrogens is 390 g/mol. The SMILES string of the molecule is CCCCCCC=CC[C@H](NC(=O)OCC1c2ccccc2-c2ccccc21)C(=O)O. The highest BCUT2D eigenvalue weighted by Crippen LogP contribution is 2.44. The molecule has 0 aliphatic heterocycles. The Hall–Kier alpha value is -3.08. The van der Waals surface area contributed by atoms with Crippen LogP contribution >= 0.6 is 0 Å². The Bertz CT molecular complexity index is 876. The molecule has 1 aliphatic carbocycles. The van der Waals surface area contributed by atoms with Crippen molar-refractivity contribution in [1.29, 1.82) is 0 Å². The quantitative estimate of drug-likeness (QED) is 0.350. The summed E-state index contributed by atoms with van der Waals surface area (Å²) in [4.78, 5) is 23.8. The van der Waals surface area contributed by atoms with Crippen molar-refractivity contribution in [2.75, 3.05) is 6.61 Å². The van der Waals surface area contributed by atoms with Crippen molar-refractivity contribution in [3.8, 4) is 11.1 Å². The fourth-order valence-electron chi connectivity index (χ4n) is 4.04. The van der Waals surface area contributed by atoms with Gasteiger partial charge in [0.25, 0.3) is 0 Å². The van der Waals surface area contributed by atoms with Gasteiger partial charge in [0.2, 0.25) is 0 Å². The summed E-state index contributed by atoms with van der Waals surface area (Å²) in [6, 6.07) is 15.2. The van der Waals surface area contributed by atoms with Crippen molar-refractivity contribution >= 4 is 12.1 Å². The van der Waals surface area contributed by atoms with Gasteiger partial charge in [-0.1, -0.05) is 86.9 Å². The minimum Gasteiger partial charge on any atom is -0.480 e. The van der Waals surface area contributed by atoms with Crippen LogP contribution in [0.25, 0.3) is 11.1 Å². The molecule has 0 unspecified atom stereocenters. The van der Waals surface area contributed by atoms with Gasteiger partial charge in [0, 0.05) is 5.92 Å². The Balaban J connectivity index is 1.53. The minimum absolute atomic E-state index is 0.0514. The number of ether oxygens (including phenoxy) is 1. The molecule has 5 heteroatoms. The molecule has 5 nitrogen and oxygen atoms in total. The molecule has 0 bridgehead atoms. The average molecular weight is 422 g/mol. The Morgan fingerprint density at radius 3 is 2.26 bits per heavy atom. The molecule has 1 amide bonds. The number of carbonyl (C=O) groups is 2. The van der Waals surface area contributed by atoms with Gasteiger partial charge in [0.05, 0.1) is 0 Å². The van der Waals surface area contributed by atoms with E-state index in [-0.39, 0.29) is 18.9 Å². The summed E-state index contributed by atoms with van der Waals surface area (Å²) in [6.07, 6.45) is 8.97. The number of carbonyl (C=O) groups excluding carboxylic acids is 1. The van der Waals surface area contributed by atoms with E-state index in [1.807, 2.05) is 48.6 Å². The van der Waals surface area contributed by atoms with Gasteiger partial charge in [-0.15, -0.1) is 0 Å². The molecule has 0 saturated carbocycles. The predicted octanol–water partition coefficient (Wildman–Crippen LogP) is 5.90. The van der Waals surface area contributed by atoms with Crippen LogP contribution < -0.4 is 5.32 Å². The van der Waals surface area contributed by atoms with Crippen LogP contribution in [0.2, 0.25) is 0 Å². The second-order valence-corrected chi connectivity index (χ2v) is 7.92. The minimum atomic E-state index is -1.07. The maximum Gasteiger partial charge on any atom is 0.407 e. The van der Waals surface area contributed by atoms with Crippen LogP contribution in [0.1, 0.15) is 62.5 Å². The third-order valence-electron chi connectivity index (χ3n) is 5.70. The van der Waals surface area contributed by atoms with E-state index in [1.54, 1.807) is 0 Å². The van der Waals surface area contributed by atoms with Gasteiger partial charge in [-0.05, 0) is 41.5 Å². The standard InChI is InChI=1S/C26H31NO4/c1-2-3-4-5-6-7-8-17-24(25(28)29)27-26(30)31-18-23-21-15-11-9-13-19(21)20-14-10-12-16-22(20)23/h7-16,23-24H,2-6,17-18H2,1H3,(H,27,30)(H,28,29)/t24-/m0/s1. The van der Waals surface area contributed by atoms with E-state index < -0.39 is 18.1 Å². The zero-order valence-corrected chi connectivity index (χ0v) is 18.0. The van der Waals surface area contributed by atoms with Crippen molar-refractivity contribution in [1.82, 2.24) is 5.32 Å². The third-order valence-corrected chi connectivity index (χ3v) is 5.70. The molecule has 0 radical (unpaired) electrons. The number of nitrogens with one attached hydrogen (secondary N) is 1. The smallest absolute Gasteiger partial charge is 0.407 e. The molecule has 2 N–H and O–H groups in total. The average Bonchev–Trinajstić information content (AvgIpc) is 3.10. The van der Waals surface area contributed by atoms with Crippen LogP contribution in [0.15, 0.2) is 60.7 Å². The number of carboxylic acids is 1. The van der Waals surface area contributed by atoms with Gasteiger partial charge < -0.3 is 15.2 Å². The van der Waals surface area contributed by atoms with Gasteiger partial charge in [-0.25, -0.2) is 9.59 Å². The van der Waals surface area contributed by atoms with E-state index in [1.165, 1.54) is 19.3 Å². The lowest BCUT2D eigenvalue weighted by atomic mass is 9.98. The maximum atomic E-state index is 12.3. The lowest BCUT2D eigenvalue weighted by molar-refractivity contribution is -0.139. The summed E-state index contributed by atoms with van der Waals surface area (Å²) < 4.78 is 5.45. The number of benzene rings is 2. The summed E-state index contributed by atoms with van der Waals surface area (Å²) in [5.41, 5.74) is 4.55. The summed E-state index contributed by atoms with van der Waals surface area (Å²) in [6.45, 7) is 2.34. The molecule has 1 atom stereocenters. The highest BCUT2D eigenvalue weighted by molar-refractivity contribution is 5.81. The van der Waals surface area contributed by atoms with E-state index in [9.17, 15) is 14.7 Å². The largest absolute Gasteiger partial charge is 0.480 e. The zero-order valence-electron chi connectivity index (χ0n) is 18.0. The summed E-state index contributed by atoms with van der Waals surface area (Å²) in [5.74, 6) is -1.12. The van der Waals surface area contributed by atoms with Crippen LogP contribution in [0.4, 0.5) is 4.79 Å². The number of carboxylic acid groups (broad SMARTS) is 1. The lowest BCUT2D eigenvalue weighted by Gasteiger charge is -2.16. The van der Waals surface area contributed by atoms with E-state index >= 15 is 0 Å². The molecule has 0 fully saturated rings. The molecule has 1 aliphatic rings. The van der Waals surface area contributed by atoms with E-state index in [4.69, 9.17) is 4.74 Å². The zero-order chi connectivity index (χ0) is 22.1. The first-order valence-electron chi connectivity index (χ1n) is 11.1. The maximum absolute atomic E-state index is 12.3. The van der Waals surface area contributed by atoms with E-state index in [0.717, 1.165) is 35.1 Å². The first-order chi connectivity index (χ1) is 15.1. The molecule has 0 spiro atoms. The summed E-state index contributed by atoms with van der Waals surface area (Å²) in [7, 11) is 0. The Morgan fingerprint density at radius 2 is 1.65 bits per heavy atom. The van der Waals surface area contributed by atoms with E-state index in [0.29, 0.717) is 0 Å². The Morgan fingerprint density at radius 1 is 1.00 bits per heavy atom. The number of hydrogen-bond acceptors (Lipinski definition) is 3. The summed E-state index contributed by atoms with van der Waals surface area (Å²) in [5, 5.41) is 11.9. The van der Waals surface area contributed by atoms with Gasteiger partial charge in [0.15, 0.2) is 0 Å². The fourth-order valence-corrected chi connectivity index (χ4v) is 4.04. The fraction of sp³-hybridized carbons (Fsp3) is 0.385. The van der Waals surface area contributed by atoms with E-state index in [2.05, 4.69) is 24.4 Å². The number of allylic oxidation sites excluding steroid dienone is 1. The van der Waals surface area contributed by atoms with Crippen LogP contribution in [-0.4, -0.2) is 29.8 Å². The molecule has 164 valence electrons. The van der Waals surface area contributed by atoms with Crippen LogP contribution in [-0.2, 0) is 9.53 Å².